The van der Waals surface area contributed by atoms with Gasteiger partial charge in [-0.25, -0.2) is 0 Å². The summed E-state index contributed by atoms with van der Waals surface area (Å²) < 4.78 is 0. The van der Waals surface area contributed by atoms with E-state index in [9.17, 15) is 29.4 Å². The highest BCUT2D eigenvalue weighted by molar-refractivity contribution is 6.06. The van der Waals surface area contributed by atoms with Gasteiger partial charge in [0, 0.05) is 30.6 Å². The molecule has 5 aliphatic heterocycles. The van der Waals surface area contributed by atoms with Gasteiger partial charge in [-0.1, -0.05) is 6.07 Å². The number of rotatable bonds is 4. The Morgan fingerprint density at radius 3 is 2.59 bits per heavy atom. The Morgan fingerprint density at radius 2 is 1.86 bits per heavy atom. The quantitative estimate of drug-likeness (QED) is 0.143. The molecule has 4 fully saturated rings. The molecule has 5 heterocycles. The number of hydrogen-bond donors (Lipinski definition) is 9. The van der Waals surface area contributed by atoms with Gasteiger partial charge in [0.05, 0.1) is 25.0 Å². The van der Waals surface area contributed by atoms with Crippen LogP contribution in [-0.2, 0) is 20.8 Å². The molecule has 4 atom stereocenters. The molecule has 0 aliphatic carbocycles. The molecule has 4 amide bonds. The van der Waals surface area contributed by atoms with Crippen molar-refractivity contribution in [2.45, 2.75) is 48.8 Å². The van der Waals surface area contributed by atoms with Crippen molar-refractivity contribution in [1.29, 1.82) is 10.8 Å². The summed E-state index contributed by atoms with van der Waals surface area (Å²) >= 11 is 0. The fourth-order valence-corrected chi connectivity index (χ4v) is 6.05. The van der Waals surface area contributed by atoms with Crippen molar-refractivity contribution in [2.75, 3.05) is 18.4 Å². The van der Waals surface area contributed by atoms with Gasteiger partial charge in [0.1, 0.15) is 6.04 Å². The topological polar surface area (TPSA) is 223 Å². The van der Waals surface area contributed by atoms with Crippen LogP contribution in [0.1, 0.15) is 28.8 Å². The van der Waals surface area contributed by atoms with Gasteiger partial charge in [-0.2, -0.15) is 0 Å². The van der Waals surface area contributed by atoms with Crippen LogP contribution in [0.2, 0.25) is 0 Å². The first kappa shape index (κ1) is 23.2. The van der Waals surface area contributed by atoms with Gasteiger partial charge in [-0.05, 0) is 17.7 Å². The monoisotopic (exact) mass is 511 g/mol. The van der Waals surface area contributed by atoms with Crippen molar-refractivity contribution in [2.24, 2.45) is 0 Å². The normalized spacial score (nSPS) is 31.3. The first-order chi connectivity index (χ1) is 17.5. The molecule has 1 spiro atoms. The molecule has 5 aliphatic rings. The molecule has 1 aromatic rings. The Hall–Kier alpha value is -4.24. The summed E-state index contributed by atoms with van der Waals surface area (Å²) in [7, 11) is 0. The van der Waals surface area contributed by atoms with Crippen LogP contribution in [0.3, 0.4) is 0 Å². The van der Waals surface area contributed by atoms with Gasteiger partial charge >= 0.3 is 0 Å². The second kappa shape index (κ2) is 7.63. The van der Waals surface area contributed by atoms with Crippen molar-refractivity contribution >= 4 is 41.2 Å². The highest BCUT2D eigenvalue weighted by Crippen LogP contribution is 2.43. The van der Waals surface area contributed by atoms with Crippen molar-refractivity contribution in [3.63, 3.8) is 0 Å². The number of imide groups is 1. The molecule has 15 heteroatoms. The van der Waals surface area contributed by atoms with E-state index in [0.717, 1.165) is 4.90 Å². The minimum atomic E-state index is -2.71. The second-order valence-corrected chi connectivity index (χ2v) is 9.81. The molecular weight excluding hydrogens is 486 g/mol. The molecule has 37 heavy (non-hydrogen) atoms. The average Bonchev–Trinajstić information content (AvgIpc) is 3.54. The molecule has 0 aromatic heterocycles. The van der Waals surface area contributed by atoms with Gasteiger partial charge in [-0.15, -0.1) is 0 Å². The van der Waals surface area contributed by atoms with Crippen LogP contribution in [0, 0.1) is 10.8 Å². The molecule has 6 rings (SSSR count). The summed E-state index contributed by atoms with van der Waals surface area (Å²) in [4.78, 5) is 51.9. The van der Waals surface area contributed by atoms with E-state index in [1.54, 1.807) is 12.1 Å². The third kappa shape index (κ3) is 3.13. The first-order valence-corrected chi connectivity index (χ1v) is 11.8. The molecule has 0 radical (unpaired) electrons. The SMILES string of the molecule is N=C1NC2C(CN3C(=O)CCC3=O)NC(=N)N3CC(NC(=O)c4cccc5c4CC(=O)N5)C(O)(O)C23N1. The van der Waals surface area contributed by atoms with E-state index in [1.165, 1.54) is 11.0 Å². The van der Waals surface area contributed by atoms with Crippen molar-refractivity contribution in [3.8, 4) is 0 Å². The number of nitrogens with zero attached hydrogens (tertiary/aromatic N) is 2. The molecule has 9 N–H and O–H groups in total. The van der Waals surface area contributed by atoms with Crippen LogP contribution in [0.25, 0.3) is 0 Å². The van der Waals surface area contributed by atoms with Crippen LogP contribution >= 0.6 is 0 Å². The maximum Gasteiger partial charge on any atom is 0.252 e. The number of aliphatic hydroxyl groups is 2. The van der Waals surface area contributed by atoms with Crippen molar-refractivity contribution in [1.82, 2.24) is 31.1 Å². The first-order valence-electron chi connectivity index (χ1n) is 11.8. The number of nitrogens with one attached hydrogen (secondary N) is 7. The maximum absolute atomic E-state index is 13.2. The van der Waals surface area contributed by atoms with E-state index in [0.29, 0.717) is 11.3 Å². The number of hydrogen-bond acceptors (Lipinski definition) is 8. The van der Waals surface area contributed by atoms with Gasteiger partial charge in [0.25, 0.3) is 5.91 Å². The summed E-state index contributed by atoms with van der Waals surface area (Å²) in [5, 5.41) is 53.6. The molecule has 0 saturated carbocycles. The van der Waals surface area contributed by atoms with Crippen LogP contribution in [0.4, 0.5) is 5.69 Å². The van der Waals surface area contributed by atoms with E-state index in [-0.39, 0.29) is 67.6 Å². The van der Waals surface area contributed by atoms with Gasteiger partial charge in [-0.3, -0.25) is 34.9 Å². The predicted molar refractivity (Wildman–Crippen MR) is 125 cm³/mol. The summed E-state index contributed by atoms with van der Waals surface area (Å²) in [6.45, 7) is -0.351. The van der Waals surface area contributed by atoms with E-state index in [2.05, 4.69) is 26.6 Å². The highest BCUT2D eigenvalue weighted by atomic mass is 16.5. The third-order valence-corrected chi connectivity index (χ3v) is 7.77. The Morgan fingerprint density at radius 1 is 1.14 bits per heavy atom. The Kier molecular flexibility index (Phi) is 4.78. The number of benzene rings is 1. The predicted octanol–water partition coefficient (Wildman–Crippen LogP) is -3.48. The Labute approximate surface area is 209 Å². The lowest BCUT2D eigenvalue weighted by Crippen LogP contribution is -2.81. The highest BCUT2D eigenvalue weighted by Gasteiger charge is 2.74. The lowest BCUT2D eigenvalue weighted by molar-refractivity contribution is -0.232. The number of carbonyl (C=O) groups excluding carboxylic acids is 4. The minimum absolute atomic E-state index is 0.0119. The fraction of sp³-hybridized carbons (Fsp3) is 0.455. The standard InChI is InChI=1S/C22H25N9O6/c23-19-28-17-12(7-30-15(33)4-5-16(30)34)26-20(24)31-8-13(22(36,37)21(17,31)29-19)27-18(35)9-2-1-3-11-10(9)6-14(32)25-11/h1-3,12-13,17,36-37H,4-8H2,(H2,24,26)(H,25,32)(H,27,35)(H3,23,28,29). The molecule has 0 bridgehead atoms. The number of guanidine groups is 2. The summed E-state index contributed by atoms with van der Waals surface area (Å²) in [5.41, 5.74) is -0.658. The van der Waals surface area contributed by atoms with Crippen LogP contribution < -0.4 is 26.6 Å². The van der Waals surface area contributed by atoms with E-state index >= 15 is 0 Å². The zero-order valence-electron chi connectivity index (χ0n) is 19.4. The molecule has 194 valence electrons. The van der Waals surface area contributed by atoms with Crippen LogP contribution in [0.5, 0.6) is 0 Å². The van der Waals surface area contributed by atoms with Crippen LogP contribution in [-0.4, -0.2) is 98.2 Å². The molecule has 15 nitrogen and oxygen atoms in total. The minimum Gasteiger partial charge on any atom is -0.361 e. The van der Waals surface area contributed by atoms with E-state index in [4.69, 9.17) is 10.8 Å². The number of anilines is 1. The summed E-state index contributed by atoms with van der Waals surface area (Å²) in [6.07, 6.45) is 0.168. The molecular formula is C22H25N9O6. The lowest BCUT2D eigenvalue weighted by atomic mass is 9.84. The summed E-state index contributed by atoms with van der Waals surface area (Å²) in [6, 6.07) is 1.67. The largest absolute Gasteiger partial charge is 0.361 e. The van der Waals surface area contributed by atoms with E-state index in [1.807, 2.05) is 0 Å². The molecule has 1 aromatic carbocycles. The Bertz CT molecular complexity index is 1280. The zero-order valence-corrected chi connectivity index (χ0v) is 19.4. The Balaban J connectivity index is 1.31. The van der Waals surface area contributed by atoms with Crippen molar-refractivity contribution < 1.29 is 29.4 Å². The average molecular weight is 511 g/mol. The van der Waals surface area contributed by atoms with Crippen molar-refractivity contribution in [3.05, 3.63) is 29.3 Å². The summed E-state index contributed by atoms with van der Waals surface area (Å²) in [5.74, 6) is -4.81. The third-order valence-electron chi connectivity index (χ3n) is 7.77. The fourth-order valence-electron chi connectivity index (χ4n) is 6.05. The van der Waals surface area contributed by atoms with E-state index < -0.39 is 35.5 Å². The van der Waals surface area contributed by atoms with Gasteiger partial charge in [0.15, 0.2) is 17.6 Å². The number of amides is 4. The smallest absolute Gasteiger partial charge is 0.252 e. The second-order valence-electron chi connectivity index (χ2n) is 9.81. The van der Waals surface area contributed by atoms with Gasteiger partial charge in [0.2, 0.25) is 23.5 Å². The van der Waals surface area contributed by atoms with Gasteiger partial charge < -0.3 is 41.7 Å². The molecule has 4 unspecified atom stereocenters. The number of likely N-dealkylation sites (tertiary alicyclic amines) is 1. The maximum atomic E-state index is 13.2. The number of carbonyl (C=O) groups is 4. The molecule has 4 saturated heterocycles. The zero-order chi connectivity index (χ0) is 26.3. The lowest BCUT2D eigenvalue weighted by Gasteiger charge is -2.51. The number of fused-ring (bicyclic) bond motifs is 1. The van der Waals surface area contributed by atoms with Crippen LogP contribution in [0.15, 0.2) is 18.2 Å².